The van der Waals surface area contributed by atoms with Gasteiger partial charge in [-0.1, -0.05) is 24.6 Å². The zero-order valence-corrected chi connectivity index (χ0v) is 12.6. The third kappa shape index (κ3) is 3.65. The summed E-state index contributed by atoms with van der Waals surface area (Å²) < 4.78 is 0. The molecule has 2 amide bonds. The highest BCUT2D eigenvalue weighted by Gasteiger charge is 2.22. The molecule has 1 aromatic carbocycles. The van der Waals surface area contributed by atoms with E-state index in [2.05, 4.69) is 17.1 Å². The maximum absolute atomic E-state index is 12.2. The molecule has 1 fully saturated rings. The van der Waals surface area contributed by atoms with Gasteiger partial charge in [-0.2, -0.15) is 0 Å². The number of amides is 2. The van der Waals surface area contributed by atoms with Gasteiger partial charge in [0.1, 0.15) is 5.56 Å². The predicted molar refractivity (Wildman–Crippen MR) is 81.1 cm³/mol. The lowest BCUT2D eigenvalue weighted by atomic mass is 10.2. The number of piperazine rings is 1. The molecule has 0 spiro atoms. The topological polar surface area (TPSA) is 72.9 Å². The molecule has 1 aromatic rings. The maximum Gasteiger partial charge on any atom is 0.339 e. The molecule has 0 bridgehead atoms. The van der Waals surface area contributed by atoms with Gasteiger partial charge in [0, 0.05) is 26.2 Å². The molecule has 7 heteroatoms. The lowest BCUT2D eigenvalue weighted by Crippen LogP contribution is -2.49. The highest BCUT2D eigenvalue weighted by atomic mass is 35.5. The molecule has 2 N–H and O–H groups in total. The number of likely N-dealkylation sites (N-methyl/N-ethyl adjacent to an activating group) is 1. The Morgan fingerprint density at radius 2 is 1.95 bits per heavy atom. The van der Waals surface area contributed by atoms with Crippen LogP contribution in [0.4, 0.5) is 10.5 Å². The molecule has 21 heavy (non-hydrogen) atoms. The van der Waals surface area contributed by atoms with E-state index in [0.717, 1.165) is 19.6 Å². The lowest BCUT2D eigenvalue weighted by Gasteiger charge is -2.34. The van der Waals surface area contributed by atoms with E-state index in [4.69, 9.17) is 11.6 Å². The zero-order valence-electron chi connectivity index (χ0n) is 11.8. The fourth-order valence-corrected chi connectivity index (χ4v) is 2.56. The van der Waals surface area contributed by atoms with Gasteiger partial charge in [-0.15, -0.1) is 0 Å². The Morgan fingerprint density at radius 3 is 2.52 bits per heavy atom. The molecule has 0 aromatic heterocycles. The molecule has 0 unspecified atom stereocenters. The van der Waals surface area contributed by atoms with E-state index >= 15 is 0 Å². The molecular formula is C14H18ClN3O3. The van der Waals surface area contributed by atoms with Gasteiger partial charge in [-0.3, -0.25) is 0 Å². The predicted octanol–water partition coefficient (Wildman–Crippen LogP) is 2.21. The second kappa shape index (κ2) is 6.78. The summed E-state index contributed by atoms with van der Waals surface area (Å²) in [5.41, 5.74) is 0.137. The Kier molecular flexibility index (Phi) is 5.03. The van der Waals surface area contributed by atoms with Crippen LogP contribution in [-0.4, -0.2) is 59.6 Å². The van der Waals surface area contributed by atoms with Gasteiger partial charge in [-0.25, -0.2) is 9.59 Å². The van der Waals surface area contributed by atoms with Gasteiger partial charge in [0.15, 0.2) is 0 Å². The highest BCUT2D eigenvalue weighted by molar-refractivity contribution is 6.34. The van der Waals surface area contributed by atoms with Crippen molar-refractivity contribution in [2.75, 3.05) is 38.0 Å². The summed E-state index contributed by atoms with van der Waals surface area (Å²) in [6, 6.07) is 4.34. The minimum absolute atomic E-state index is 0.0836. The number of carboxylic acid groups (broad SMARTS) is 1. The number of anilines is 1. The van der Waals surface area contributed by atoms with Crippen LogP contribution in [0.2, 0.25) is 5.02 Å². The van der Waals surface area contributed by atoms with Crippen molar-refractivity contribution >= 4 is 29.3 Å². The number of benzene rings is 1. The zero-order chi connectivity index (χ0) is 15.4. The van der Waals surface area contributed by atoms with E-state index in [1.54, 1.807) is 11.0 Å². The van der Waals surface area contributed by atoms with Crippen LogP contribution in [0, 0.1) is 0 Å². The molecule has 1 aliphatic heterocycles. The first-order chi connectivity index (χ1) is 10.0. The fourth-order valence-electron chi connectivity index (χ4n) is 2.31. The number of hydrogen-bond acceptors (Lipinski definition) is 3. The van der Waals surface area contributed by atoms with Crippen molar-refractivity contribution in [3.8, 4) is 0 Å². The number of rotatable bonds is 3. The number of aromatic carboxylic acids is 1. The van der Waals surface area contributed by atoms with Crippen molar-refractivity contribution in [1.82, 2.24) is 9.80 Å². The van der Waals surface area contributed by atoms with Crippen molar-refractivity contribution < 1.29 is 14.7 Å². The Bertz CT molecular complexity index is 542. The summed E-state index contributed by atoms with van der Waals surface area (Å²) in [6.45, 7) is 5.95. The second-order valence-corrected chi connectivity index (χ2v) is 5.23. The SMILES string of the molecule is CCN1CCN(C(=O)Nc2cccc(Cl)c2C(=O)O)CC1. The highest BCUT2D eigenvalue weighted by Crippen LogP contribution is 2.24. The van der Waals surface area contributed by atoms with Gasteiger partial charge in [0.25, 0.3) is 0 Å². The molecule has 1 aliphatic rings. The third-order valence-corrected chi connectivity index (χ3v) is 3.89. The standard InChI is InChI=1S/C14H18ClN3O3/c1-2-17-6-8-18(9-7-17)14(21)16-11-5-3-4-10(15)12(11)13(19)20/h3-5H,2,6-9H2,1H3,(H,16,21)(H,19,20). The monoisotopic (exact) mass is 311 g/mol. The smallest absolute Gasteiger partial charge is 0.339 e. The fraction of sp³-hybridized carbons (Fsp3) is 0.429. The minimum atomic E-state index is -1.16. The molecule has 0 aliphatic carbocycles. The number of carbonyl (C=O) groups excluding carboxylic acids is 1. The van der Waals surface area contributed by atoms with E-state index in [9.17, 15) is 14.7 Å². The number of nitrogens with zero attached hydrogens (tertiary/aromatic N) is 2. The second-order valence-electron chi connectivity index (χ2n) is 4.82. The lowest BCUT2D eigenvalue weighted by molar-refractivity contribution is 0.0698. The average molecular weight is 312 g/mol. The number of carbonyl (C=O) groups is 2. The van der Waals surface area contributed by atoms with Gasteiger partial charge in [-0.05, 0) is 18.7 Å². The molecule has 1 heterocycles. The first-order valence-corrected chi connectivity index (χ1v) is 7.20. The van der Waals surface area contributed by atoms with Crippen LogP contribution in [0.25, 0.3) is 0 Å². The van der Waals surface area contributed by atoms with Crippen molar-refractivity contribution in [2.45, 2.75) is 6.92 Å². The number of urea groups is 1. The minimum Gasteiger partial charge on any atom is -0.478 e. The van der Waals surface area contributed by atoms with E-state index in [1.807, 2.05) is 0 Å². The average Bonchev–Trinajstić information content (AvgIpc) is 2.47. The quantitative estimate of drug-likeness (QED) is 0.897. The molecule has 2 rings (SSSR count). The van der Waals surface area contributed by atoms with Crippen molar-refractivity contribution in [1.29, 1.82) is 0 Å². The summed E-state index contributed by atoms with van der Waals surface area (Å²) in [4.78, 5) is 27.4. The van der Waals surface area contributed by atoms with Gasteiger partial charge in [0.05, 0.1) is 10.7 Å². The Morgan fingerprint density at radius 1 is 1.29 bits per heavy atom. The number of nitrogens with one attached hydrogen (secondary N) is 1. The Hall–Kier alpha value is -1.79. The number of hydrogen-bond donors (Lipinski definition) is 2. The van der Waals surface area contributed by atoms with E-state index in [1.165, 1.54) is 12.1 Å². The molecule has 114 valence electrons. The van der Waals surface area contributed by atoms with E-state index in [0.29, 0.717) is 13.1 Å². The van der Waals surface area contributed by atoms with Gasteiger partial charge < -0.3 is 20.2 Å². The largest absolute Gasteiger partial charge is 0.478 e. The molecule has 6 nitrogen and oxygen atoms in total. The molecule has 0 radical (unpaired) electrons. The van der Waals surface area contributed by atoms with Gasteiger partial charge in [0.2, 0.25) is 0 Å². The van der Waals surface area contributed by atoms with Crippen LogP contribution in [0.15, 0.2) is 18.2 Å². The van der Waals surface area contributed by atoms with Crippen LogP contribution in [-0.2, 0) is 0 Å². The number of halogens is 1. The normalized spacial score (nSPS) is 15.8. The van der Waals surface area contributed by atoms with Crippen molar-refractivity contribution in [3.05, 3.63) is 28.8 Å². The first-order valence-electron chi connectivity index (χ1n) is 6.83. The van der Waals surface area contributed by atoms with Crippen LogP contribution >= 0.6 is 11.6 Å². The Balaban J connectivity index is 2.07. The number of carboxylic acids is 1. The van der Waals surface area contributed by atoms with E-state index < -0.39 is 5.97 Å². The third-order valence-electron chi connectivity index (χ3n) is 3.58. The van der Waals surface area contributed by atoms with Crippen molar-refractivity contribution in [2.24, 2.45) is 0 Å². The summed E-state index contributed by atoms with van der Waals surface area (Å²) in [5.74, 6) is -1.16. The van der Waals surface area contributed by atoms with Gasteiger partial charge >= 0.3 is 12.0 Å². The summed E-state index contributed by atoms with van der Waals surface area (Å²) >= 11 is 5.88. The van der Waals surface area contributed by atoms with Crippen LogP contribution in [0.1, 0.15) is 17.3 Å². The first kappa shape index (κ1) is 15.6. The van der Waals surface area contributed by atoms with E-state index in [-0.39, 0.29) is 22.3 Å². The Labute approximate surface area is 128 Å². The summed E-state index contributed by atoms with van der Waals surface area (Å²) in [7, 11) is 0. The molecule has 1 saturated heterocycles. The summed E-state index contributed by atoms with van der Waals surface area (Å²) in [5, 5.41) is 11.9. The molecule has 0 saturated carbocycles. The summed E-state index contributed by atoms with van der Waals surface area (Å²) in [6.07, 6.45) is 0. The van der Waals surface area contributed by atoms with Crippen LogP contribution < -0.4 is 5.32 Å². The van der Waals surface area contributed by atoms with Crippen LogP contribution in [0.3, 0.4) is 0 Å². The van der Waals surface area contributed by atoms with Crippen LogP contribution in [0.5, 0.6) is 0 Å². The maximum atomic E-state index is 12.2. The molecular weight excluding hydrogens is 294 g/mol. The van der Waals surface area contributed by atoms with Crippen molar-refractivity contribution in [3.63, 3.8) is 0 Å². The molecule has 0 atom stereocenters.